The van der Waals surface area contributed by atoms with E-state index in [1.807, 2.05) is 0 Å². The fraction of sp³-hybridized carbons (Fsp3) is 0.643. The number of aryl methyl sites for hydroxylation is 1. The van der Waals surface area contributed by atoms with Crippen molar-refractivity contribution in [1.82, 2.24) is 14.9 Å². The lowest BCUT2D eigenvalue weighted by Gasteiger charge is -2.47. The Labute approximate surface area is 121 Å². The van der Waals surface area contributed by atoms with Gasteiger partial charge in [0.2, 0.25) is 5.91 Å². The highest BCUT2D eigenvalue weighted by Crippen LogP contribution is 2.44. The maximum absolute atomic E-state index is 12.0. The van der Waals surface area contributed by atoms with Crippen LogP contribution in [0, 0.1) is 12.8 Å². The lowest BCUT2D eigenvalue weighted by Crippen LogP contribution is -2.64. The van der Waals surface area contributed by atoms with E-state index in [0.29, 0.717) is 30.3 Å². The Hall–Kier alpha value is -1.89. The molecule has 2 aliphatic rings. The number of nitrogens with zero attached hydrogens (tertiary/aromatic N) is 1. The molecule has 1 amide bonds. The first-order valence-corrected chi connectivity index (χ1v) is 7.21. The molecule has 0 spiro atoms. The van der Waals surface area contributed by atoms with Crippen LogP contribution in [0.25, 0.3) is 0 Å². The Morgan fingerprint density at radius 1 is 1.33 bits per heavy atom. The van der Waals surface area contributed by atoms with Crippen LogP contribution in [0.4, 0.5) is 0 Å². The lowest BCUT2D eigenvalue weighted by atomic mass is 9.88. The maximum atomic E-state index is 12.0. The molecule has 1 aromatic rings. The van der Waals surface area contributed by atoms with Crippen molar-refractivity contribution < 1.29 is 9.90 Å². The lowest BCUT2D eigenvalue weighted by molar-refractivity contribution is -0.159. The minimum Gasteiger partial charge on any atom is -0.386 e. The van der Waals surface area contributed by atoms with E-state index in [2.05, 4.69) is 9.97 Å². The molecule has 1 aromatic heterocycles. The summed E-state index contributed by atoms with van der Waals surface area (Å²) in [6, 6.07) is 0. The van der Waals surface area contributed by atoms with Gasteiger partial charge in [0, 0.05) is 17.7 Å². The molecule has 1 saturated heterocycles. The van der Waals surface area contributed by atoms with Gasteiger partial charge in [-0.3, -0.25) is 14.6 Å². The summed E-state index contributed by atoms with van der Waals surface area (Å²) in [7, 11) is 0. The number of likely N-dealkylation sites (tertiary alicyclic amines) is 1. The molecule has 1 aliphatic carbocycles. The van der Waals surface area contributed by atoms with Crippen molar-refractivity contribution in [2.24, 2.45) is 5.92 Å². The zero-order chi connectivity index (χ0) is 15.2. The summed E-state index contributed by atoms with van der Waals surface area (Å²) in [5.74, 6) is 0.288. The maximum Gasteiger partial charge on any atom is 0.325 e. The number of aliphatic hydroxyl groups is 1. The highest BCUT2D eigenvalue weighted by molar-refractivity contribution is 5.77. The van der Waals surface area contributed by atoms with Gasteiger partial charge in [-0.15, -0.1) is 0 Å². The van der Waals surface area contributed by atoms with Gasteiger partial charge in [0.25, 0.3) is 5.56 Å². The second-order valence-corrected chi connectivity index (χ2v) is 6.14. The van der Waals surface area contributed by atoms with Crippen LogP contribution in [0.2, 0.25) is 0 Å². The number of hydrogen-bond donors (Lipinski definition) is 3. The molecule has 0 aromatic carbocycles. The molecule has 2 heterocycles. The summed E-state index contributed by atoms with van der Waals surface area (Å²) in [6.45, 7) is 2.45. The number of aromatic nitrogens is 2. The van der Waals surface area contributed by atoms with Gasteiger partial charge in [-0.2, -0.15) is 0 Å². The molecule has 21 heavy (non-hydrogen) atoms. The van der Waals surface area contributed by atoms with Gasteiger partial charge in [-0.1, -0.05) is 0 Å². The van der Waals surface area contributed by atoms with Crippen molar-refractivity contribution in [3.05, 3.63) is 32.1 Å². The van der Waals surface area contributed by atoms with E-state index in [4.69, 9.17) is 0 Å². The SMILES string of the molecule is Cc1[nH]c(=O)[nH]c(=O)c1CCC(=O)N1CC(O)(C2CC2)C1. The standard InChI is InChI=1S/C14H19N3O4/c1-8-10(12(19)16-13(20)15-8)4-5-11(18)17-6-14(21,7-17)9-2-3-9/h9,21H,2-7H2,1H3,(H2,15,16,19,20). The summed E-state index contributed by atoms with van der Waals surface area (Å²) in [5, 5.41) is 10.2. The van der Waals surface area contributed by atoms with Crippen LogP contribution in [0.3, 0.4) is 0 Å². The van der Waals surface area contributed by atoms with Crippen molar-refractivity contribution in [3.8, 4) is 0 Å². The van der Waals surface area contributed by atoms with Crippen LogP contribution in [-0.2, 0) is 11.2 Å². The van der Waals surface area contributed by atoms with Crippen molar-refractivity contribution in [2.45, 2.75) is 38.2 Å². The first-order valence-electron chi connectivity index (χ1n) is 7.21. The molecular weight excluding hydrogens is 274 g/mol. The Balaban J connectivity index is 1.58. The third-order valence-electron chi connectivity index (χ3n) is 4.46. The van der Waals surface area contributed by atoms with Gasteiger partial charge in [-0.25, -0.2) is 4.79 Å². The van der Waals surface area contributed by atoms with Crippen molar-refractivity contribution in [1.29, 1.82) is 0 Å². The molecule has 0 unspecified atom stereocenters. The molecule has 0 radical (unpaired) electrons. The van der Waals surface area contributed by atoms with Crippen LogP contribution in [0.15, 0.2) is 9.59 Å². The molecule has 7 nitrogen and oxygen atoms in total. The Morgan fingerprint density at radius 2 is 2.00 bits per heavy atom. The number of H-pyrrole nitrogens is 2. The molecule has 1 saturated carbocycles. The second kappa shape index (κ2) is 4.84. The zero-order valence-electron chi connectivity index (χ0n) is 11.9. The van der Waals surface area contributed by atoms with E-state index in [1.54, 1.807) is 11.8 Å². The van der Waals surface area contributed by atoms with Crippen LogP contribution in [0.1, 0.15) is 30.5 Å². The summed E-state index contributed by atoms with van der Waals surface area (Å²) in [6.07, 6.45) is 2.58. The number of nitrogens with one attached hydrogen (secondary N) is 2. The van der Waals surface area contributed by atoms with E-state index in [0.717, 1.165) is 12.8 Å². The van der Waals surface area contributed by atoms with E-state index < -0.39 is 16.9 Å². The highest BCUT2D eigenvalue weighted by atomic mass is 16.3. The molecule has 1 aliphatic heterocycles. The van der Waals surface area contributed by atoms with Gasteiger partial charge in [0.1, 0.15) is 5.60 Å². The highest BCUT2D eigenvalue weighted by Gasteiger charge is 2.52. The third-order valence-corrected chi connectivity index (χ3v) is 4.46. The van der Waals surface area contributed by atoms with Crippen LogP contribution in [-0.4, -0.2) is 44.6 Å². The quantitative estimate of drug-likeness (QED) is 0.681. The minimum absolute atomic E-state index is 0.0645. The summed E-state index contributed by atoms with van der Waals surface area (Å²) < 4.78 is 0. The average molecular weight is 293 g/mol. The third kappa shape index (κ3) is 2.65. The number of carbonyl (C=O) groups is 1. The Kier molecular flexibility index (Phi) is 3.24. The van der Waals surface area contributed by atoms with Gasteiger partial charge >= 0.3 is 5.69 Å². The monoisotopic (exact) mass is 293 g/mol. The predicted molar refractivity (Wildman–Crippen MR) is 75.0 cm³/mol. The van der Waals surface area contributed by atoms with Crippen LogP contribution < -0.4 is 11.2 Å². The smallest absolute Gasteiger partial charge is 0.325 e. The van der Waals surface area contributed by atoms with E-state index >= 15 is 0 Å². The number of rotatable bonds is 4. The normalized spacial score (nSPS) is 20.2. The summed E-state index contributed by atoms with van der Waals surface area (Å²) in [4.78, 5) is 41.1. The fourth-order valence-electron chi connectivity index (χ4n) is 2.99. The molecule has 0 atom stereocenters. The first kappa shape index (κ1) is 14.1. The second-order valence-electron chi connectivity index (χ2n) is 6.14. The van der Waals surface area contributed by atoms with Gasteiger partial charge < -0.3 is 15.0 Å². The fourth-order valence-corrected chi connectivity index (χ4v) is 2.99. The molecule has 2 fully saturated rings. The molecule has 3 rings (SSSR count). The topological polar surface area (TPSA) is 106 Å². The van der Waals surface area contributed by atoms with E-state index in [1.165, 1.54) is 0 Å². The molecule has 0 bridgehead atoms. The number of aromatic amines is 2. The first-order chi connectivity index (χ1) is 9.89. The average Bonchev–Trinajstić information content (AvgIpc) is 3.17. The Bertz CT molecular complexity index is 680. The van der Waals surface area contributed by atoms with Gasteiger partial charge in [-0.05, 0) is 32.1 Å². The number of amides is 1. The largest absolute Gasteiger partial charge is 0.386 e. The predicted octanol–water partition coefficient (Wildman–Crippen LogP) is -0.712. The Morgan fingerprint density at radius 3 is 2.57 bits per heavy atom. The summed E-state index contributed by atoms with van der Waals surface area (Å²) >= 11 is 0. The number of hydrogen-bond acceptors (Lipinski definition) is 4. The van der Waals surface area contributed by atoms with Crippen LogP contribution in [0.5, 0.6) is 0 Å². The van der Waals surface area contributed by atoms with E-state index in [-0.39, 0.29) is 18.7 Å². The molecule has 3 N–H and O–H groups in total. The summed E-state index contributed by atoms with van der Waals surface area (Å²) in [5.41, 5.74) is -0.733. The molecular formula is C14H19N3O4. The van der Waals surface area contributed by atoms with Crippen molar-refractivity contribution in [2.75, 3.05) is 13.1 Å². The zero-order valence-corrected chi connectivity index (χ0v) is 11.9. The van der Waals surface area contributed by atoms with Gasteiger partial charge in [0.15, 0.2) is 0 Å². The number of β-amino-alcohol motifs (C(OH)–C–C–N with tert-alkyl or cyclic N) is 1. The molecule has 7 heteroatoms. The number of carbonyl (C=O) groups excluding carboxylic acids is 1. The van der Waals surface area contributed by atoms with E-state index in [9.17, 15) is 19.5 Å². The van der Waals surface area contributed by atoms with Gasteiger partial charge in [0.05, 0.1) is 13.1 Å². The van der Waals surface area contributed by atoms with Crippen molar-refractivity contribution in [3.63, 3.8) is 0 Å². The minimum atomic E-state index is -0.680. The van der Waals surface area contributed by atoms with Crippen molar-refractivity contribution >= 4 is 5.91 Å². The van der Waals surface area contributed by atoms with Crippen LogP contribution >= 0.6 is 0 Å². The molecule has 114 valence electrons.